The van der Waals surface area contributed by atoms with E-state index in [1.807, 2.05) is 36.6 Å². The number of amides is 1. The summed E-state index contributed by atoms with van der Waals surface area (Å²) in [5.74, 6) is 0.467. The minimum absolute atomic E-state index is 0.141. The average Bonchev–Trinajstić information content (AvgIpc) is 3.42. The second-order valence-corrected chi connectivity index (χ2v) is 8.24. The van der Waals surface area contributed by atoms with Crippen LogP contribution in [0.5, 0.6) is 5.75 Å². The van der Waals surface area contributed by atoms with Crippen LogP contribution in [-0.4, -0.2) is 22.4 Å². The third kappa shape index (κ3) is 4.65. The topological polar surface area (TPSA) is 94.4 Å². The summed E-state index contributed by atoms with van der Waals surface area (Å²) in [6, 6.07) is 11.7. The van der Waals surface area contributed by atoms with Crippen LogP contribution in [0.1, 0.15) is 41.7 Å². The van der Waals surface area contributed by atoms with Crippen molar-refractivity contribution in [1.82, 2.24) is 10.3 Å². The lowest BCUT2D eigenvalue weighted by atomic mass is 10.0. The molecular formula is C22H21N3O4S. The van der Waals surface area contributed by atoms with E-state index in [4.69, 9.17) is 4.74 Å². The molecule has 1 atom stereocenters. The van der Waals surface area contributed by atoms with Gasteiger partial charge in [-0.15, -0.1) is 11.3 Å². The minimum Gasteiger partial charge on any atom is -0.492 e. The second-order valence-electron chi connectivity index (χ2n) is 7.35. The Bertz CT molecular complexity index is 1060. The monoisotopic (exact) mass is 423 g/mol. The number of benzene rings is 2. The first-order valence-electron chi connectivity index (χ1n) is 9.73. The number of carbonyl (C=O) groups excluding carboxylic acids is 1. The Morgan fingerprint density at radius 3 is 2.87 bits per heavy atom. The number of hydrogen-bond donors (Lipinski definition) is 1. The summed E-state index contributed by atoms with van der Waals surface area (Å²) < 4.78 is 5.78. The SMILES string of the molecule is CC(NC(=O)c1cc([N+](=O)[O-])ccc1OCC1CC1)c1cccc(-c2nccs2)c1. The van der Waals surface area contributed by atoms with E-state index in [1.165, 1.54) is 18.2 Å². The Hall–Kier alpha value is -3.26. The van der Waals surface area contributed by atoms with E-state index in [-0.39, 0.29) is 17.3 Å². The first-order valence-corrected chi connectivity index (χ1v) is 10.6. The summed E-state index contributed by atoms with van der Waals surface area (Å²) in [6.45, 7) is 2.39. The molecule has 1 aromatic heterocycles. The number of carbonyl (C=O) groups is 1. The molecule has 1 unspecified atom stereocenters. The van der Waals surface area contributed by atoms with E-state index in [0.717, 1.165) is 29.0 Å². The van der Waals surface area contributed by atoms with Crippen LogP contribution in [0.2, 0.25) is 0 Å². The van der Waals surface area contributed by atoms with Crippen molar-refractivity contribution in [3.05, 3.63) is 75.3 Å². The lowest BCUT2D eigenvalue weighted by Crippen LogP contribution is -2.27. The number of hydrogen-bond acceptors (Lipinski definition) is 6. The molecule has 2 aromatic carbocycles. The van der Waals surface area contributed by atoms with Gasteiger partial charge in [-0.2, -0.15) is 0 Å². The van der Waals surface area contributed by atoms with E-state index in [0.29, 0.717) is 18.3 Å². The first-order chi connectivity index (χ1) is 14.5. The number of nitro benzene ring substituents is 1. The van der Waals surface area contributed by atoms with Crippen molar-refractivity contribution >= 4 is 22.9 Å². The summed E-state index contributed by atoms with van der Waals surface area (Å²) in [7, 11) is 0. The summed E-state index contributed by atoms with van der Waals surface area (Å²) in [6.07, 6.45) is 3.98. The highest BCUT2D eigenvalue weighted by atomic mass is 32.1. The van der Waals surface area contributed by atoms with Crippen molar-refractivity contribution in [2.24, 2.45) is 5.92 Å². The van der Waals surface area contributed by atoms with E-state index in [1.54, 1.807) is 17.5 Å². The van der Waals surface area contributed by atoms with Gasteiger partial charge in [-0.3, -0.25) is 14.9 Å². The molecule has 0 aliphatic heterocycles. The third-order valence-corrected chi connectivity index (χ3v) is 5.83. The van der Waals surface area contributed by atoms with E-state index in [9.17, 15) is 14.9 Å². The van der Waals surface area contributed by atoms with Crippen molar-refractivity contribution < 1.29 is 14.5 Å². The van der Waals surface area contributed by atoms with Crippen LogP contribution in [0.25, 0.3) is 10.6 Å². The lowest BCUT2D eigenvalue weighted by Gasteiger charge is -2.17. The number of ether oxygens (including phenoxy) is 1. The Morgan fingerprint density at radius 1 is 1.33 bits per heavy atom. The van der Waals surface area contributed by atoms with E-state index in [2.05, 4.69) is 10.3 Å². The molecule has 0 radical (unpaired) electrons. The van der Waals surface area contributed by atoms with Crippen LogP contribution in [0.3, 0.4) is 0 Å². The smallest absolute Gasteiger partial charge is 0.270 e. The maximum absolute atomic E-state index is 13.0. The number of non-ortho nitro benzene ring substituents is 1. The zero-order valence-corrected chi connectivity index (χ0v) is 17.2. The molecule has 3 aromatic rings. The van der Waals surface area contributed by atoms with Crippen LogP contribution in [0, 0.1) is 16.0 Å². The number of aromatic nitrogens is 1. The summed E-state index contributed by atoms with van der Waals surface area (Å²) in [4.78, 5) is 28.0. The number of nitrogens with zero attached hydrogens (tertiary/aromatic N) is 2. The fourth-order valence-electron chi connectivity index (χ4n) is 3.09. The van der Waals surface area contributed by atoms with Gasteiger partial charge in [-0.25, -0.2) is 4.98 Å². The zero-order valence-electron chi connectivity index (χ0n) is 16.4. The molecule has 7 nitrogen and oxygen atoms in total. The van der Waals surface area contributed by atoms with Crippen molar-refractivity contribution in [2.75, 3.05) is 6.61 Å². The van der Waals surface area contributed by atoms with E-state index < -0.39 is 10.8 Å². The average molecular weight is 423 g/mol. The van der Waals surface area contributed by atoms with Crippen molar-refractivity contribution in [1.29, 1.82) is 0 Å². The van der Waals surface area contributed by atoms with E-state index >= 15 is 0 Å². The molecule has 0 saturated heterocycles. The van der Waals surface area contributed by atoms with Crippen LogP contribution in [0.4, 0.5) is 5.69 Å². The number of rotatable bonds is 8. The van der Waals surface area contributed by atoms with Crippen molar-refractivity contribution in [2.45, 2.75) is 25.8 Å². The number of nitrogens with one attached hydrogen (secondary N) is 1. The largest absolute Gasteiger partial charge is 0.492 e. The van der Waals surface area contributed by atoms with Crippen LogP contribution in [-0.2, 0) is 0 Å². The summed E-state index contributed by atoms with van der Waals surface area (Å²) >= 11 is 1.55. The van der Waals surface area contributed by atoms with Crippen LogP contribution in [0.15, 0.2) is 54.0 Å². The molecule has 30 heavy (non-hydrogen) atoms. The molecule has 1 N–H and O–H groups in total. The molecule has 1 aliphatic carbocycles. The number of thiazole rings is 1. The highest BCUT2D eigenvalue weighted by Crippen LogP contribution is 2.32. The van der Waals surface area contributed by atoms with Gasteiger partial charge in [0.15, 0.2) is 0 Å². The molecule has 154 valence electrons. The van der Waals surface area contributed by atoms with Gasteiger partial charge in [0.05, 0.1) is 23.1 Å². The predicted octanol–water partition coefficient (Wildman–Crippen LogP) is 5.00. The van der Waals surface area contributed by atoms with Gasteiger partial charge in [0.1, 0.15) is 10.8 Å². The maximum Gasteiger partial charge on any atom is 0.270 e. The highest BCUT2D eigenvalue weighted by molar-refractivity contribution is 7.13. The third-order valence-electron chi connectivity index (χ3n) is 5.00. The van der Waals surface area contributed by atoms with Crippen molar-refractivity contribution in [3.63, 3.8) is 0 Å². The van der Waals surface area contributed by atoms with Gasteiger partial charge in [-0.05, 0) is 43.4 Å². The molecule has 1 heterocycles. The molecule has 1 aliphatic rings. The second kappa shape index (κ2) is 8.62. The fourth-order valence-corrected chi connectivity index (χ4v) is 3.73. The molecule has 4 rings (SSSR count). The molecular weight excluding hydrogens is 402 g/mol. The van der Waals surface area contributed by atoms with Gasteiger partial charge in [0.2, 0.25) is 0 Å². The molecule has 8 heteroatoms. The maximum atomic E-state index is 13.0. The Kier molecular flexibility index (Phi) is 5.76. The van der Waals surface area contributed by atoms with Gasteiger partial charge < -0.3 is 10.1 Å². The summed E-state index contributed by atoms with van der Waals surface area (Å²) in [5, 5.41) is 16.9. The van der Waals surface area contributed by atoms with Crippen LogP contribution < -0.4 is 10.1 Å². The van der Waals surface area contributed by atoms with Gasteiger partial charge >= 0.3 is 0 Å². The Balaban J connectivity index is 1.54. The van der Waals surface area contributed by atoms with Gasteiger partial charge in [0, 0.05) is 29.3 Å². The standard InChI is InChI=1S/C22H21N3O4S/c1-14(16-3-2-4-17(11-16)22-23-9-10-30-22)24-21(26)19-12-18(25(27)28)7-8-20(19)29-13-15-5-6-15/h2-4,7-12,14-15H,5-6,13H2,1H3,(H,24,26). The lowest BCUT2D eigenvalue weighted by molar-refractivity contribution is -0.384. The number of nitro groups is 1. The first kappa shape index (κ1) is 20.0. The molecule has 1 saturated carbocycles. The molecule has 0 spiro atoms. The van der Waals surface area contributed by atoms with Crippen LogP contribution >= 0.6 is 11.3 Å². The van der Waals surface area contributed by atoms with Gasteiger partial charge in [-0.1, -0.05) is 18.2 Å². The van der Waals surface area contributed by atoms with Gasteiger partial charge in [0.25, 0.3) is 11.6 Å². The Morgan fingerprint density at radius 2 is 2.17 bits per heavy atom. The zero-order chi connectivity index (χ0) is 21.1. The molecule has 1 amide bonds. The predicted molar refractivity (Wildman–Crippen MR) is 115 cm³/mol. The molecule has 1 fully saturated rings. The quantitative estimate of drug-likeness (QED) is 0.406. The minimum atomic E-state index is -0.512. The normalized spacial score (nSPS) is 14.2. The fraction of sp³-hybridized carbons (Fsp3) is 0.273. The summed E-state index contributed by atoms with van der Waals surface area (Å²) in [5.41, 5.74) is 1.93. The Labute approximate surface area is 177 Å². The van der Waals surface area contributed by atoms with Crippen molar-refractivity contribution in [3.8, 4) is 16.3 Å². The molecule has 0 bridgehead atoms. The highest BCUT2D eigenvalue weighted by Gasteiger charge is 2.25.